The van der Waals surface area contributed by atoms with Gasteiger partial charge in [0, 0.05) is 43.0 Å². The van der Waals surface area contributed by atoms with Gasteiger partial charge in [0.05, 0.1) is 40.5 Å². The van der Waals surface area contributed by atoms with Crippen molar-refractivity contribution in [3.63, 3.8) is 0 Å². The fourth-order valence-corrected chi connectivity index (χ4v) is 5.71. The second-order valence-electron chi connectivity index (χ2n) is 10.1. The Hall–Kier alpha value is -3.78. The highest BCUT2D eigenvalue weighted by Gasteiger charge is 2.19. The maximum Gasteiger partial charge on any atom is 0.135 e. The third kappa shape index (κ3) is 3.91. The number of anilines is 1. The van der Waals surface area contributed by atoms with E-state index in [1.807, 2.05) is 30.9 Å². The van der Waals surface area contributed by atoms with Crippen LogP contribution < -0.4 is 4.90 Å². The van der Waals surface area contributed by atoms with E-state index in [1.54, 1.807) is 0 Å². The van der Waals surface area contributed by atoms with E-state index in [2.05, 4.69) is 53.1 Å². The number of nitrogens with one attached hydrogen (secondary N) is 2. The number of likely N-dealkylation sites (tertiary alicyclic amines) is 1. The molecule has 0 aromatic carbocycles. The fraction of sp³-hybridized carbons (Fsp3) is 0.357. The lowest BCUT2D eigenvalue weighted by atomic mass is 10.1. The smallest absolute Gasteiger partial charge is 0.135 e. The highest BCUT2D eigenvalue weighted by atomic mass is 15.2. The Morgan fingerprint density at radius 3 is 2.53 bits per heavy atom. The first kappa shape index (κ1) is 21.5. The Bertz CT molecular complexity index is 1520. The minimum Gasteiger partial charge on any atom is -0.370 e. The van der Waals surface area contributed by atoms with Gasteiger partial charge in [-0.15, -0.1) is 0 Å². The van der Waals surface area contributed by atoms with Crippen LogP contribution in [0.25, 0.3) is 44.6 Å². The van der Waals surface area contributed by atoms with Crippen LogP contribution in [0, 0.1) is 0 Å². The number of nitrogens with zero attached hydrogens (tertiary/aromatic N) is 6. The summed E-state index contributed by atoms with van der Waals surface area (Å²) in [6.07, 6.45) is 14.1. The number of aromatic amines is 2. The number of pyridine rings is 3. The summed E-state index contributed by atoms with van der Waals surface area (Å²) in [6, 6.07) is 8.52. The van der Waals surface area contributed by atoms with Gasteiger partial charge in [-0.2, -0.15) is 5.10 Å². The van der Waals surface area contributed by atoms with Crippen LogP contribution >= 0.6 is 0 Å². The molecule has 5 aromatic heterocycles. The molecule has 0 radical (unpaired) electrons. The number of hydrogen-bond donors (Lipinski definition) is 2. The van der Waals surface area contributed by atoms with Crippen LogP contribution in [0.15, 0.2) is 49.1 Å². The Kier molecular flexibility index (Phi) is 5.39. The third-order valence-electron chi connectivity index (χ3n) is 7.58. The molecule has 182 valence electrons. The normalized spacial score (nSPS) is 16.9. The summed E-state index contributed by atoms with van der Waals surface area (Å²) in [5, 5.41) is 9.00. The molecule has 2 aliphatic rings. The topological polar surface area (TPSA) is 89.6 Å². The van der Waals surface area contributed by atoms with Gasteiger partial charge in [0.15, 0.2) is 0 Å². The summed E-state index contributed by atoms with van der Waals surface area (Å²) >= 11 is 0. The zero-order valence-corrected chi connectivity index (χ0v) is 20.4. The summed E-state index contributed by atoms with van der Waals surface area (Å²) in [4.78, 5) is 22.6. The molecule has 2 aliphatic heterocycles. The van der Waals surface area contributed by atoms with Crippen LogP contribution in [0.2, 0.25) is 0 Å². The molecule has 2 fully saturated rings. The molecule has 7 heterocycles. The maximum absolute atomic E-state index is 5.04. The van der Waals surface area contributed by atoms with E-state index in [0.29, 0.717) is 0 Å². The van der Waals surface area contributed by atoms with Crippen molar-refractivity contribution in [1.82, 2.24) is 35.0 Å². The molecule has 0 atom stereocenters. The molecule has 8 heteroatoms. The Balaban J connectivity index is 1.25. The molecule has 5 aromatic rings. The largest absolute Gasteiger partial charge is 0.370 e. The van der Waals surface area contributed by atoms with Gasteiger partial charge in [0.25, 0.3) is 0 Å². The molecule has 36 heavy (non-hydrogen) atoms. The fourth-order valence-electron chi connectivity index (χ4n) is 5.71. The zero-order chi connectivity index (χ0) is 23.9. The minimum atomic E-state index is 0.828. The monoisotopic (exact) mass is 478 g/mol. The average molecular weight is 479 g/mol. The lowest BCUT2D eigenvalue weighted by Crippen LogP contribution is -2.29. The lowest BCUT2D eigenvalue weighted by Gasteiger charge is -2.28. The standard InChI is InChI=1S/C28H30N8/c1-2-10-36(11-3-1)26-17-30-16-25-21(26)13-24(31-25)28-27-23(33-34-28)7-6-22(32-27)20-12-19(14-29-15-20)18-35-8-4-5-9-35/h6-7,12-17,31H,1-5,8-11,18H2,(H,33,34). The first-order chi connectivity index (χ1) is 17.8. The van der Waals surface area contributed by atoms with Crippen molar-refractivity contribution in [1.29, 1.82) is 0 Å². The van der Waals surface area contributed by atoms with E-state index < -0.39 is 0 Å². The molecule has 0 unspecified atom stereocenters. The molecule has 8 nitrogen and oxygen atoms in total. The number of fused-ring (bicyclic) bond motifs is 2. The number of aromatic nitrogens is 6. The van der Waals surface area contributed by atoms with Crippen LogP contribution in [0.1, 0.15) is 37.7 Å². The van der Waals surface area contributed by atoms with Crippen LogP contribution in [0.3, 0.4) is 0 Å². The molecule has 2 saturated heterocycles. The van der Waals surface area contributed by atoms with Gasteiger partial charge < -0.3 is 9.88 Å². The van der Waals surface area contributed by atoms with E-state index in [0.717, 1.165) is 58.8 Å². The average Bonchev–Trinajstić information content (AvgIpc) is 3.68. The quantitative estimate of drug-likeness (QED) is 0.363. The molecular weight excluding hydrogens is 448 g/mol. The molecule has 0 spiro atoms. The van der Waals surface area contributed by atoms with E-state index in [9.17, 15) is 0 Å². The predicted molar refractivity (Wildman–Crippen MR) is 143 cm³/mol. The van der Waals surface area contributed by atoms with Crippen molar-refractivity contribution in [3.05, 3.63) is 54.6 Å². The van der Waals surface area contributed by atoms with Crippen LogP contribution in [-0.2, 0) is 6.54 Å². The van der Waals surface area contributed by atoms with Crippen molar-refractivity contribution in [2.45, 2.75) is 38.6 Å². The first-order valence-electron chi connectivity index (χ1n) is 13.1. The van der Waals surface area contributed by atoms with Crippen molar-refractivity contribution in [2.75, 3.05) is 31.1 Å². The van der Waals surface area contributed by atoms with E-state index >= 15 is 0 Å². The van der Waals surface area contributed by atoms with Crippen LogP contribution in [0.5, 0.6) is 0 Å². The second-order valence-corrected chi connectivity index (χ2v) is 10.1. The van der Waals surface area contributed by atoms with Gasteiger partial charge in [-0.1, -0.05) is 0 Å². The Morgan fingerprint density at radius 2 is 1.64 bits per heavy atom. The Labute approximate surface area is 209 Å². The zero-order valence-electron chi connectivity index (χ0n) is 20.4. The number of rotatable bonds is 5. The summed E-state index contributed by atoms with van der Waals surface area (Å²) in [5.74, 6) is 0. The minimum absolute atomic E-state index is 0.828. The summed E-state index contributed by atoms with van der Waals surface area (Å²) < 4.78 is 0. The SMILES string of the molecule is c1ncc(-c2ccc3[nH]nc(-c4cc5c(N6CCCCC6)cncc5[nH]4)c3n2)cc1CN1CCCC1. The molecule has 0 aliphatic carbocycles. The Morgan fingerprint density at radius 1 is 0.806 bits per heavy atom. The number of piperidine rings is 1. The van der Waals surface area contributed by atoms with Gasteiger partial charge in [-0.05, 0) is 75.0 Å². The third-order valence-corrected chi connectivity index (χ3v) is 7.58. The summed E-state index contributed by atoms with van der Waals surface area (Å²) in [6.45, 7) is 5.46. The van der Waals surface area contributed by atoms with Gasteiger partial charge in [0.1, 0.15) is 11.2 Å². The molecule has 7 rings (SSSR count). The van der Waals surface area contributed by atoms with Gasteiger partial charge in [-0.25, -0.2) is 4.98 Å². The number of H-pyrrole nitrogens is 2. The maximum atomic E-state index is 5.04. The van der Waals surface area contributed by atoms with Crippen molar-refractivity contribution in [3.8, 4) is 22.6 Å². The van der Waals surface area contributed by atoms with Gasteiger partial charge in [-0.3, -0.25) is 20.0 Å². The highest BCUT2D eigenvalue weighted by molar-refractivity contribution is 5.98. The molecule has 2 N–H and O–H groups in total. The molecule has 0 bridgehead atoms. The first-order valence-corrected chi connectivity index (χ1v) is 13.1. The summed E-state index contributed by atoms with van der Waals surface area (Å²) in [5.41, 5.74) is 8.96. The van der Waals surface area contributed by atoms with Gasteiger partial charge >= 0.3 is 0 Å². The van der Waals surface area contributed by atoms with Crippen molar-refractivity contribution < 1.29 is 0 Å². The van der Waals surface area contributed by atoms with Crippen molar-refractivity contribution in [2.24, 2.45) is 0 Å². The highest BCUT2D eigenvalue weighted by Crippen LogP contribution is 2.34. The summed E-state index contributed by atoms with van der Waals surface area (Å²) in [7, 11) is 0. The van der Waals surface area contributed by atoms with E-state index in [1.165, 1.54) is 61.8 Å². The van der Waals surface area contributed by atoms with Crippen LogP contribution in [-0.4, -0.2) is 61.2 Å². The van der Waals surface area contributed by atoms with Gasteiger partial charge in [0.2, 0.25) is 0 Å². The molecule has 0 amide bonds. The lowest BCUT2D eigenvalue weighted by molar-refractivity contribution is 0.331. The molecular formula is C28H30N8. The second kappa shape index (κ2) is 9.02. The number of hydrogen-bond acceptors (Lipinski definition) is 6. The van der Waals surface area contributed by atoms with Crippen LogP contribution in [0.4, 0.5) is 5.69 Å². The predicted octanol–water partition coefficient (Wildman–Crippen LogP) is 5.15. The van der Waals surface area contributed by atoms with E-state index in [4.69, 9.17) is 4.98 Å². The van der Waals surface area contributed by atoms with Crippen molar-refractivity contribution >= 4 is 27.6 Å². The molecule has 0 saturated carbocycles. The van der Waals surface area contributed by atoms with E-state index in [-0.39, 0.29) is 0 Å².